The van der Waals surface area contributed by atoms with E-state index in [1.54, 1.807) is 21.0 Å². The van der Waals surface area contributed by atoms with Crippen molar-refractivity contribution in [3.05, 3.63) is 0 Å². The van der Waals surface area contributed by atoms with E-state index >= 15 is 0 Å². The van der Waals surface area contributed by atoms with Gasteiger partial charge in [0.2, 0.25) is 10.0 Å². The Kier molecular flexibility index (Phi) is 8.75. The van der Waals surface area contributed by atoms with E-state index in [0.717, 1.165) is 18.8 Å². The lowest BCUT2D eigenvalue weighted by Gasteiger charge is -2.18. The largest absolute Gasteiger partial charge is 0.356 e. The minimum atomic E-state index is -3.07. The first-order valence-electron chi connectivity index (χ1n) is 6.78. The van der Waals surface area contributed by atoms with Crippen LogP contribution in [0.3, 0.4) is 0 Å². The van der Waals surface area contributed by atoms with E-state index in [1.807, 2.05) is 0 Å². The van der Waals surface area contributed by atoms with Crippen molar-refractivity contribution in [2.45, 2.75) is 39.7 Å². The maximum absolute atomic E-state index is 11.5. The summed E-state index contributed by atoms with van der Waals surface area (Å²) in [7, 11) is 0.276. The normalized spacial score (nSPS) is 14.5. The lowest BCUT2D eigenvalue weighted by molar-refractivity contribution is 0.461. The number of rotatable bonds is 8. The van der Waals surface area contributed by atoms with Crippen LogP contribution in [0.1, 0.15) is 33.6 Å². The standard InChI is InChI=1S/C12H28N4O2S/c1-6-11(3)15-12(13-4)14-9-8-10-16(5)19(17,18)7-2/h11H,6-10H2,1-5H3,(H2,13,14,15). The van der Waals surface area contributed by atoms with Crippen LogP contribution in [-0.4, -0.2) is 57.7 Å². The summed E-state index contributed by atoms with van der Waals surface area (Å²) in [6.45, 7) is 7.06. The molecule has 0 bridgehead atoms. The van der Waals surface area contributed by atoms with E-state index in [4.69, 9.17) is 0 Å². The van der Waals surface area contributed by atoms with Crippen molar-refractivity contribution in [1.29, 1.82) is 0 Å². The zero-order valence-electron chi connectivity index (χ0n) is 12.7. The van der Waals surface area contributed by atoms with Gasteiger partial charge in [-0.1, -0.05) is 6.92 Å². The fourth-order valence-corrected chi connectivity index (χ4v) is 2.25. The van der Waals surface area contributed by atoms with Gasteiger partial charge in [0.05, 0.1) is 5.75 Å². The van der Waals surface area contributed by atoms with Gasteiger partial charge in [0.15, 0.2) is 5.96 Å². The van der Waals surface area contributed by atoms with Gasteiger partial charge in [0.1, 0.15) is 0 Å². The quantitative estimate of drug-likeness (QED) is 0.391. The van der Waals surface area contributed by atoms with Crippen molar-refractivity contribution < 1.29 is 8.42 Å². The van der Waals surface area contributed by atoms with Crippen LogP contribution in [-0.2, 0) is 10.0 Å². The van der Waals surface area contributed by atoms with Gasteiger partial charge < -0.3 is 10.6 Å². The lowest BCUT2D eigenvalue weighted by atomic mass is 10.3. The molecule has 0 aliphatic carbocycles. The number of aliphatic imine (C=N–C) groups is 1. The summed E-state index contributed by atoms with van der Waals surface area (Å²) in [5.74, 6) is 0.907. The van der Waals surface area contributed by atoms with Crippen LogP contribution in [0.15, 0.2) is 4.99 Å². The zero-order valence-corrected chi connectivity index (χ0v) is 13.5. The molecule has 0 aromatic carbocycles. The van der Waals surface area contributed by atoms with E-state index in [2.05, 4.69) is 29.5 Å². The first-order chi connectivity index (χ1) is 8.87. The maximum atomic E-state index is 11.5. The van der Waals surface area contributed by atoms with Crippen LogP contribution < -0.4 is 10.6 Å². The molecule has 114 valence electrons. The molecule has 0 rings (SSSR count). The predicted octanol–water partition coefficient (Wildman–Crippen LogP) is 0.622. The first-order valence-corrected chi connectivity index (χ1v) is 8.39. The highest BCUT2D eigenvalue weighted by Gasteiger charge is 2.13. The number of guanidine groups is 1. The molecule has 0 aromatic rings. The van der Waals surface area contributed by atoms with E-state index in [-0.39, 0.29) is 5.75 Å². The Morgan fingerprint density at radius 2 is 2.00 bits per heavy atom. The molecule has 0 saturated heterocycles. The molecular formula is C12H28N4O2S. The molecule has 0 amide bonds. The molecule has 0 fully saturated rings. The minimum Gasteiger partial charge on any atom is -0.356 e. The summed E-state index contributed by atoms with van der Waals surface area (Å²) in [5.41, 5.74) is 0. The lowest BCUT2D eigenvalue weighted by Crippen LogP contribution is -2.42. The van der Waals surface area contributed by atoms with Gasteiger partial charge in [-0.15, -0.1) is 0 Å². The molecule has 1 unspecified atom stereocenters. The molecule has 2 N–H and O–H groups in total. The van der Waals surface area contributed by atoms with Crippen LogP contribution >= 0.6 is 0 Å². The van der Waals surface area contributed by atoms with Crippen LogP contribution in [0.25, 0.3) is 0 Å². The second-order valence-electron chi connectivity index (χ2n) is 4.53. The van der Waals surface area contributed by atoms with Crippen molar-refractivity contribution in [2.24, 2.45) is 4.99 Å². The van der Waals surface area contributed by atoms with Gasteiger partial charge in [0, 0.05) is 33.2 Å². The van der Waals surface area contributed by atoms with E-state index in [9.17, 15) is 8.42 Å². The van der Waals surface area contributed by atoms with Crippen LogP contribution in [0.2, 0.25) is 0 Å². The van der Waals surface area contributed by atoms with E-state index in [1.165, 1.54) is 4.31 Å². The molecule has 1 atom stereocenters. The number of nitrogens with zero attached hydrogens (tertiary/aromatic N) is 2. The smallest absolute Gasteiger partial charge is 0.213 e. The predicted molar refractivity (Wildman–Crippen MR) is 81.0 cm³/mol. The SMILES string of the molecule is CCC(C)NC(=NC)NCCCN(C)S(=O)(=O)CC. The summed E-state index contributed by atoms with van der Waals surface area (Å²) in [6.07, 6.45) is 1.77. The van der Waals surface area contributed by atoms with Gasteiger partial charge >= 0.3 is 0 Å². The summed E-state index contributed by atoms with van der Waals surface area (Å²) in [4.78, 5) is 4.12. The summed E-state index contributed by atoms with van der Waals surface area (Å²) in [5, 5.41) is 6.43. The Morgan fingerprint density at radius 1 is 1.37 bits per heavy atom. The number of hydrogen-bond donors (Lipinski definition) is 2. The second-order valence-corrected chi connectivity index (χ2v) is 6.89. The highest BCUT2D eigenvalue weighted by atomic mass is 32.2. The summed E-state index contributed by atoms with van der Waals surface area (Å²) < 4.78 is 24.5. The molecule has 0 aliphatic rings. The molecule has 0 radical (unpaired) electrons. The topological polar surface area (TPSA) is 73.8 Å². The van der Waals surface area contributed by atoms with Crippen molar-refractivity contribution in [1.82, 2.24) is 14.9 Å². The molecule has 7 heteroatoms. The summed E-state index contributed by atoms with van der Waals surface area (Å²) >= 11 is 0. The molecule has 19 heavy (non-hydrogen) atoms. The molecule has 0 aliphatic heterocycles. The van der Waals surface area contributed by atoms with Gasteiger partial charge in [-0.05, 0) is 26.7 Å². The van der Waals surface area contributed by atoms with Crippen molar-refractivity contribution in [2.75, 3.05) is 32.9 Å². The number of hydrogen-bond acceptors (Lipinski definition) is 3. The van der Waals surface area contributed by atoms with Crippen molar-refractivity contribution >= 4 is 16.0 Å². The molecule has 0 spiro atoms. The van der Waals surface area contributed by atoms with Crippen LogP contribution in [0, 0.1) is 0 Å². The Labute approximate surface area is 117 Å². The number of sulfonamides is 1. The average molecular weight is 292 g/mol. The molecular weight excluding hydrogens is 264 g/mol. The fourth-order valence-electron chi connectivity index (χ4n) is 1.40. The van der Waals surface area contributed by atoms with Crippen LogP contribution in [0.5, 0.6) is 0 Å². The third-order valence-electron chi connectivity index (χ3n) is 3.00. The van der Waals surface area contributed by atoms with E-state index in [0.29, 0.717) is 19.1 Å². The maximum Gasteiger partial charge on any atom is 0.213 e. The summed E-state index contributed by atoms with van der Waals surface area (Å²) in [6, 6.07) is 0.370. The van der Waals surface area contributed by atoms with Gasteiger partial charge in [0.25, 0.3) is 0 Å². The second kappa shape index (κ2) is 9.14. The Bertz CT molecular complexity index is 368. The van der Waals surface area contributed by atoms with Crippen molar-refractivity contribution in [3.8, 4) is 0 Å². The van der Waals surface area contributed by atoms with Gasteiger partial charge in [-0.3, -0.25) is 4.99 Å². The highest BCUT2D eigenvalue weighted by Crippen LogP contribution is 1.98. The number of nitrogens with one attached hydrogen (secondary N) is 2. The first kappa shape index (κ1) is 18.2. The highest BCUT2D eigenvalue weighted by molar-refractivity contribution is 7.89. The van der Waals surface area contributed by atoms with E-state index < -0.39 is 10.0 Å². The van der Waals surface area contributed by atoms with Gasteiger partial charge in [-0.25, -0.2) is 12.7 Å². The average Bonchev–Trinajstić information content (AvgIpc) is 2.41. The van der Waals surface area contributed by atoms with Gasteiger partial charge in [-0.2, -0.15) is 0 Å². The molecule has 0 aromatic heterocycles. The molecule has 0 heterocycles. The minimum absolute atomic E-state index is 0.147. The third-order valence-corrected chi connectivity index (χ3v) is 4.86. The molecule has 0 saturated carbocycles. The Hall–Kier alpha value is -0.820. The molecule has 6 nitrogen and oxygen atoms in total. The fraction of sp³-hybridized carbons (Fsp3) is 0.917. The Balaban J connectivity index is 3.97. The van der Waals surface area contributed by atoms with Crippen LogP contribution in [0.4, 0.5) is 0 Å². The monoisotopic (exact) mass is 292 g/mol. The Morgan fingerprint density at radius 3 is 2.47 bits per heavy atom. The third kappa shape index (κ3) is 7.37. The zero-order chi connectivity index (χ0) is 14.9. The van der Waals surface area contributed by atoms with Crippen molar-refractivity contribution in [3.63, 3.8) is 0 Å².